The Balaban J connectivity index is 1.73. The van der Waals surface area contributed by atoms with Crippen molar-refractivity contribution in [2.75, 3.05) is 6.61 Å². The summed E-state index contributed by atoms with van der Waals surface area (Å²) in [7, 11) is 0. The van der Waals surface area contributed by atoms with Gasteiger partial charge in [-0.15, -0.1) is 0 Å². The van der Waals surface area contributed by atoms with Gasteiger partial charge in [-0.3, -0.25) is 4.79 Å². The molecule has 2 aliphatic carbocycles. The Labute approximate surface area is 186 Å². The topological polar surface area (TPSA) is 35.5 Å². The summed E-state index contributed by atoms with van der Waals surface area (Å²) in [5.41, 5.74) is 0.688. The zero-order chi connectivity index (χ0) is 20.8. The summed E-state index contributed by atoms with van der Waals surface area (Å²) in [6.45, 7) is 14.6. The molecule has 2 saturated carbocycles. The van der Waals surface area contributed by atoms with Crippen LogP contribution in [0.1, 0.15) is 99.3 Å². The Kier molecular flexibility index (Phi) is 6.54. The fourth-order valence-corrected chi connectivity index (χ4v) is 8.13. The van der Waals surface area contributed by atoms with Gasteiger partial charge in [-0.2, -0.15) is 0 Å². The summed E-state index contributed by atoms with van der Waals surface area (Å²) >= 11 is 2.52. The van der Waals surface area contributed by atoms with E-state index in [0.29, 0.717) is 33.7 Å². The summed E-state index contributed by atoms with van der Waals surface area (Å²) in [5, 5.41) is 0. The normalized spacial score (nSPS) is 43.5. The lowest BCUT2D eigenvalue weighted by atomic mass is 9.44. The number of alkyl halides is 1. The van der Waals surface area contributed by atoms with Crippen LogP contribution in [0.25, 0.3) is 0 Å². The number of rotatable bonds is 5. The smallest absolute Gasteiger partial charge is 0.305 e. The number of esters is 1. The molecule has 0 bridgehead atoms. The molecular formula is C24H41IO3. The molecule has 0 unspecified atom stereocenters. The Morgan fingerprint density at radius 2 is 1.75 bits per heavy atom. The SMILES string of the molecule is CCOC(=O)CC[C@H](I)[C@]1(C)CC[C@@H]2[C@@]3(C)CCCC(C)(C)[C@@H]3CC[C@@]2(C)O1. The number of hydrogen-bond acceptors (Lipinski definition) is 3. The second-order valence-corrected chi connectivity index (χ2v) is 12.6. The van der Waals surface area contributed by atoms with Crippen LogP contribution < -0.4 is 0 Å². The first-order valence-corrected chi connectivity index (χ1v) is 12.7. The highest BCUT2D eigenvalue weighted by Crippen LogP contribution is 2.65. The maximum Gasteiger partial charge on any atom is 0.305 e. The molecule has 0 aromatic rings. The molecular weight excluding hydrogens is 463 g/mol. The molecule has 6 atom stereocenters. The third-order valence-electron chi connectivity index (χ3n) is 8.70. The Morgan fingerprint density at radius 1 is 1.07 bits per heavy atom. The van der Waals surface area contributed by atoms with Gasteiger partial charge in [-0.1, -0.05) is 49.8 Å². The quantitative estimate of drug-likeness (QED) is 0.237. The predicted molar refractivity (Wildman–Crippen MR) is 123 cm³/mol. The molecule has 3 rings (SSSR count). The zero-order valence-electron chi connectivity index (χ0n) is 18.9. The molecule has 0 aromatic carbocycles. The average Bonchev–Trinajstić information content (AvgIpc) is 2.58. The number of ether oxygens (including phenoxy) is 2. The molecule has 1 aliphatic heterocycles. The van der Waals surface area contributed by atoms with Gasteiger partial charge in [0.1, 0.15) is 0 Å². The van der Waals surface area contributed by atoms with Gasteiger partial charge in [0.25, 0.3) is 0 Å². The number of fused-ring (bicyclic) bond motifs is 3. The first-order valence-electron chi connectivity index (χ1n) is 11.5. The van der Waals surface area contributed by atoms with Crippen LogP contribution in [0.3, 0.4) is 0 Å². The summed E-state index contributed by atoms with van der Waals surface area (Å²) < 4.78 is 12.5. The third kappa shape index (κ3) is 4.02. The third-order valence-corrected chi connectivity index (χ3v) is 10.6. The molecule has 3 nitrogen and oxygen atoms in total. The highest BCUT2D eigenvalue weighted by molar-refractivity contribution is 14.1. The number of carbonyl (C=O) groups excluding carboxylic acids is 1. The summed E-state index contributed by atoms with van der Waals surface area (Å²) in [6, 6.07) is 0. The van der Waals surface area contributed by atoms with E-state index in [1.807, 2.05) is 6.92 Å². The molecule has 1 saturated heterocycles. The van der Waals surface area contributed by atoms with E-state index >= 15 is 0 Å². The van der Waals surface area contributed by atoms with E-state index in [1.165, 1.54) is 38.5 Å². The number of halogens is 1. The van der Waals surface area contributed by atoms with Crippen LogP contribution in [0, 0.1) is 22.7 Å². The van der Waals surface area contributed by atoms with Crippen LogP contribution in [0.4, 0.5) is 0 Å². The molecule has 28 heavy (non-hydrogen) atoms. The van der Waals surface area contributed by atoms with Crippen LogP contribution in [0.5, 0.6) is 0 Å². The maximum atomic E-state index is 11.8. The summed E-state index contributed by atoms with van der Waals surface area (Å²) in [5.74, 6) is 1.39. The lowest BCUT2D eigenvalue weighted by molar-refractivity contribution is -0.264. The van der Waals surface area contributed by atoms with E-state index in [2.05, 4.69) is 57.2 Å². The minimum Gasteiger partial charge on any atom is -0.466 e. The Bertz CT molecular complexity index is 590. The highest BCUT2D eigenvalue weighted by Gasteiger charge is 2.62. The molecule has 0 spiro atoms. The van der Waals surface area contributed by atoms with E-state index in [1.54, 1.807) is 0 Å². The van der Waals surface area contributed by atoms with E-state index in [4.69, 9.17) is 9.47 Å². The summed E-state index contributed by atoms with van der Waals surface area (Å²) in [4.78, 5) is 11.8. The van der Waals surface area contributed by atoms with Crippen molar-refractivity contribution >= 4 is 28.6 Å². The summed E-state index contributed by atoms with van der Waals surface area (Å²) in [6.07, 6.45) is 10.3. The highest BCUT2D eigenvalue weighted by atomic mass is 127. The standard InChI is InChI=1S/C24H41IO3/c1-7-27-20(26)10-9-19(25)24(6)16-12-18-22(4)14-8-13-21(2,3)17(22)11-15-23(18,5)28-24/h17-19H,7-16H2,1-6H3/t17-,18+,19-,22-,23+,24-/m0/s1. The largest absolute Gasteiger partial charge is 0.466 e. The lowest BCUT2D eigenvalue weighted by Crippen LogP contribution is -2.64. The molecule has 4 heteroatoms. The van der Waals surface area contributed by atoms with Crippen LogP contribution in [0.15, 0.2) is 0 Å². The minimum atomic E-state index is -0.147. The van der Waals surface area contributed by atoms with Crippen molar-refractivity contribution in [3.8, 4) is 0 Å². The van der Waals surface area contributed by atoms with Gasteiger partial charge in [0.05, 0.1) is 17.8 Å². The molecule has 1 heterocycles. The van der Waals surface area contributed by atoms with Crippen LogP contribution in [0.2, 0.25) is 0 Å². The van der Waals surface area contributed by atoms with E-state index in [-0.39, 0.29) is 17.2 Å². The molecule has 3 aliphatic rings. The molecule has 3 fully saturated rings. The molecule has 0 amide bonds. The van der Waals surface area contributed by atoms with Gasteiger partial charge in [-0.05, 0) is 88.4 Å². The maximum absolute atomic E-state index is 11.8. The zero-order valence-corrected chi connectivity index (χ0v) is 21.1. The fourth-order valence-electron chi connectivity index (χ4n) is 7.38. The van der Waals surface area contributed by atoms with Gasteiger partial charge in [0, 0.05) is 10.3 Å². The van der Waals surface area contributed by atoms with E-state index in [0.717, 1.165) is 18.8 Å². The first kappa shape index (κ1) is 22.8. The van der Waals surface area contributed by atoms with Gasteiger partial charge in [0.15, 0.2) is 0 Å². The average molecular weight is 504 g/mol. The van der Waals surface area contributed by atoms with Crippen molar-refractivity contribution < 1.29 is 14.3 Å². The number of carbonyl (C=O) groups is 1. The van der Waals surface area contributed by atoms with E-state index < -0.39 is 0 Å². The molecule has 0 radical (unpaired) electrons. The van der Waals surface area contributed by atoms with Gasteiger partial charge >= 0.3 is 5.97 Å². The van der Waals surface area contributed by atoms with Gasteiger partial charge in [0.2, 0.25) is 0 Å². The Morgan fingerprint density at radius 3 is 2.43 bits per heavy atom. The molecule has 0 N–H and O–H groups in total. The van der Waals surface area contributed by atoms with Crippen LogP contribution in [-0.4, -0.2) is 27.7 Å². The molecule has 162 valence electrons. The van der Waals surface area contributed by atoms with Crippen molar-refractivity contribution in [1.82, 2.24) is 0 Å². The van der Waals surface area contributed by atoms with Gasteiger partial charge in [-0.25, -0.2) is 0 Å². The molecule has 0 aromatic heterocycles. The number of hydrogen-bond donors (Lipinski definition) is 0. The second kappa shape index (κ2) is 8.01. The lowest BCUT2D eigenvalue weighted by Gasteiger charge is -2.65. The first-order chi connectivity index (χ1) is 13.0. The monoisotopic (exact) mass is 504 g/mol. The van der Waals surface area contributed by atoms with E-state index in [9.17, 15) is 4.79 Å². The van der Waals surface area contributed by atoms with Crippen LogP contribution in [-0.2, 0) is 14.3 Å². The van der Waals surface area contributed by atoms with Crippen molar-refractivity contribution in [2.24, 2.45) is 22.7 Å². The fraction of sp³-hybridized carbons (Fsp3) is 0.958. The van der Waals surface area contributed by atoms with Crippen molar-refractivity contribution in [1.29, 1.82) is 0 Å². The minimum absolute atomic E-state index is 0.0288. The van der Waals surface area contributed by atoms with Crippen molar-refractivity contribution in [3.05, 3.63) is 0 Å². The van der Waals surface area contributed by atoms with Gasteiger partial charge < -0.3 is 9.47 Å². The van der Waals surface area contributed by atoms with Crippen molar-refractivity contribution in [2.45, 2.75) is 114 Å². The Hall–Kier alpha value is 0.160. The van der Waals surface area contributed by atoms with Crippen LogP contribution >= 0.6 is 22.6 Å². The second-order valence-electron chi connectivity index (χ2n) is 11.1. The predicted octanol–water partition coefficient (Wildman–Crippen LogP) is 6.70. The van der Waals surface area contributed by atoms with Crippen molar-refractivity contribution in [3.63, 3.8) is 0 Å².